The van der Waals surface area contributed by atoms with E-state index >= 15 is 0 Å². The maximum atomic E-state index is 13.2. The molecule has 0 amide bonds. The van der Waals surface area contributed by atoms with Gasteiger partial charge < -0.3 is 5.32 Å². The SMILES string of the molecule is Cc1cc(F)ccc1-c1ccc2c(c1)CCC(C)N2. The third-order valence-electron chi connectivity index (χ3n) is 3.85. The molecule has 0 saturated carbocycles. The first-order chi connectivity index (χ1) is 9.13. The van der Waals surface area contributed by atoms with Crippen molar-refractivity contribution in [2.75, 3.05) is 5.32 Å². The summed E-state index contributed by atoms with van der Waals surface area (Å²) >= 11 is 0. The molecule has 0 aliphatic carbocycles. The molecule has 1 unspecified atom stereocenters. The Bertz CT molecular complexity index is 619. The molecule has 1 atom stereocenters. The van der Waals surface area contributed by atoms with E-state index in [2.05, 4.69) is 30.4 Å². The van der Waals surface area contributed by atoms with E-state index in [0.717, 1.165) is 17.5 Å². The Morgan fingerprint density at radius 3 is 2.79 bits per heavy atom. The fourth-order valence-electron chi connectivity index (χ4n) is 2.77. The monoisotopic (exact) mass is 255 g/mol. The predicted molar refractivity (Wildman–Crippen MR) is 78.0 cm³/mol. The Kier molecular flexibility index (Phi) is 3.02. The van der Waals surface area contributed by atoms with Crippen LogP contribution in [0.25, 0.3) is 11.1 Å². The number of hydrogen-bond acceptors (Lipinski definition) is 1. The van der Waals surface area contributed by atoms with Crippen LogP contribution < -0.4 is 5.32 Å². The molecular weight excluding hydrogens is 237 g/mol. The molecule has 0 spiro atoms. The lowest BCUT2D eigenvalue weighted by atomic mass is 9.93. The highest BCUT2D eigenvalue weighted by Crippen LogP contribution is 2.31. The summed E-state index contributed by atoms with van der Waals surface area (Å²) in [5.74, 6) is -0.172. The molecule has 1 N–H and O–H groups in total. The zero-order valence-electron chi connectivity index (χ0n) is 11.3. The minimum atomic E-state index is -0.172. The highest BCUT2D eigenvalue weighted by Gasteiger charge is 2.14. The van der Waals surface area contributed by atoms with Crippen molar-refractivity contribution in [2.45, 2.75) is 32.7 Å². The summed E-state index contributed by atoms with van der Waals surface area (Å²) in [6.45, 7) is 4.17. The van der Waals surface area contributed by atoms with Gasteiger partial charge in [0.25, 0.3) is 0 Å². The Hall–Kier alpha value is -1.83. The van der Waals surface area contributed by atoms with Crippen LogP contribution in [0.2, 0.25) is 0 Å². The van der Waals surface area contributed by atoms with Crippen molar-refractivity contribution in [1.82, 2.24) is 0 Å². The minimum absolute atomic E-state index is 0.172. The van der Waals surface area contributed by atoms with E-state index < -0.39 is 0 Å². The number of hydrogen-bond donors (Lipinski definition) is 1. The molecule has 2 heteroatoms. The van der Waals surface area contributed by atoms with Crippen LogP contribution >= 0.6 is 0 Å². The smallest absolute Gasteiger partial charge is 0.123 e. The summed E-state index contributed by atoms with van der Waals surface area (Å²) in [7, 11) is 0. The van der Waals surface area contributed by atoms with Gasteiger partial charge in [-0.2, -0.15) is 0 Å². The second-order valence-electron chi connectivity index (χ2n) is 5.42. The lowest BCUT2D eigenvalue weighted by Crippen LogP contribution is -2.21. The van der Waals surface area contributed by atoms with Gasteiger partial charge in [0, 0.05) is 11.7 Å². The van der Waals surface area contributed by atoms with Gasteiger partial charge in [-0.1, -0.05) is 12.1 Å². The normalized spacial score (nSPS) is 17.7. The van der Waals surface area contributed by atoms with Crippen molar-refractivity contribution in [3.05, 3.63) is 53.3 Å². The topological polar surface area (TPSA) is 12.0 Å². The second-order valence-corrected chi connectivity index (χ2v) is 5.42. The Morgan fingerprint density at radius 2 is 2.00 bits per heavy atom. The van der Waals surface area contributed by atoms with Crippen LogP contribution in [0.4, 0.5) is 10.1 Å². The molecule has 2 aromatic rings. The van der Waals surface area contributed by atoms with Crippen LogP contribution in [-0.2, 0) is 6.42 Å². The number of halogens is 1. The molecule has 1 aliphatic heterocycles. The fraction of sp³-hybridized carbons (Fsp3) is 0.294. The molecule has 1 heterocycles. The average molecular weight is 255 g/mol. The van der Waals surface area contributed by atoms with Gasteiger partial charge in [-0.25, -0.2) is 4.39 Å². The summed E-state index contributed by atoms with van der Waals surface area (Å²) in [6.07, 6.45) is 2.27. The van der Waals surface area contributed by atoms with Crippen molar-refractivity contribution in [3.8, 4) is 11.1 Å². The maximum Gasteiger partial charge on any atom is 0.123 e. The second kappa shape index (κ2) is 4.69. The molecule has 0 aromatic heterocycles. The van der Waals surface area contributed by atoms with Crippen molar-refractivity contribution in [3.63, 3.8) is 0 Å². The van der Waals surface area contributed by atoms with Crippen LogP contribution in [0, 0.1) is 12.7 Å². The number of benzene rings is 2. The molecule has 3 rings (SSSR count). The highest BCUT2D eigenvalue weighted by atomic mass is 19.1. The standard InChI is InChI=1S/C17H18FN/c1-11-9-15(18)6-7-16(11)13-5-8-17-14(10-13)4-3-12(2)19-17/h5-10,12,19H,3-4H2,1-2H3. The van der Waals surface area contributed by atoms with Gasteiger partial charge in [0.05, 0.1) is 0 Å². The molecule has 0 bridgehead atoms. The van der Waals surface area contributed by atoms with Crippen molar-refractivity contribution >= 4 is 5.69 Å². The summed E-state index contributed by atoms with van der Waals surface area (Å²) in [5.41, 5.74) is 5.87. The third-order valence-corrected chi connectivity index (χ3v) is 3.85. The average Bonchev–Trinajstić information content (AvgIpc) is 2.38. The molecule has 0 radical (unpaired) electrons. The molecule has 1 aliphatic rings. The van der Waals surface area contributed by atoms with Crippen LogP contribution in [0.5, 0.6) is 0 Å². The van der Waals surface area contributed by atoms with Crippen LogP contribution in [0.1, 0.15) is 24.5 Å². The first kappa shape index (κ1) is 12.2. The van der Waals surface area contributed by atoms with Gasteiger partial charge in [0.1, 0.15) is 5.82 Å². The number of anilines is 1. The Labute approximate surface area is 113 Å². The first-order valence-corrected chi connectivity index (χ1v) is 6.79. The molecule has 1 nitrogen and oxygen atoms in total. The van der Waals surface area contributed by atoms with Crippen LogP contribution in [0.3, 0.4) is 0 Å². The fourth-order valence-corrected chi connectivity index (χ4v) is 2.77. The van der Waals surface area contributed by atoms with Crippen molar-refractivity contribution in [2.24, 2.45) is 0 Å². The molecule has 19 heavy (non-hydrogen) atoms. The first-order valence-electron chi connectivity index (χ1n) is 6.79. The number of rotatable bonds is 1. The summed E-state index contributed by atoms with van der Waals surface area (Å²) in [4.78, 5) is 0. The van der Waals surface area contributed by atoms with Gasteiger partial charge in [-0.05, 0) is 73.2 Å². The number of fused-ring (bicyclic) bond motifs is 1. The zero-order chi connectivity index (χ0) is 13.4. The molecule has 0 fully saturated rings. The minimum Gasteiger partial charge on any atom is -0.382 e. The summed E-state index contributed by atoms with van der Waals surface area (Å²) < 4.78 is 13.2. The molecular formula is C17H18FN. The van der Waals surface area contributed by atoms with Crippen LogP contribution in [0.15, 0.2) is 36.4 Å². The molecule has 0 saturated heterocycles. The maximum absolute atomic E-state index is 13.2. The number of nitrogens with one attached hydrogen (secondary N) is 1. The van der Waals surface area contributed by atoms with E-state index in [-0.39, 0.29) is 5.82 Å². The quantitative estimate of drug-likeness (QED) is 0.788. The Morgan fingerprint density at radius 1 is 1.16 bits per heavy atom. The van der Waals surface area contributed by atoms with E-state index in [9.17, 15) is 4.39 Å². The zero-order valence-corrected chi connectivity index (χ0v) is 11.3. The van der Waals surface area contributed by atoms with E-state index in [4.69, 9.17) is 0 Å². The molecule has 98 valence electrons. The highest BCUT2D eigenvalue weighted by molar-refractivity contribution is 5.71. The van der Waals surface area contributed by atoms with Gasteiger partial charge >= 0.3 is 0 Å². The van der Waals surface area contributed by atoms with E-state index in [1.165, 1.54) is 29.3 Å². The molecule has 2 aromatic carbocycles. The van der Waals surface area contributed by atoms with Gasteiger partial charge in [0.15, 0.2) is 0 Å². The van der Waals surface area contributed by atoms with E-state index in [1.54, 1.807) is 6.07 Å². The predicted octanol–water partition coefficient (Wildman–Crippen LogP) is 4.55. The van der Waals surface area contributed by atoms with Crippen molar-refractivity contribution < 1.29 is 4.39 Å². The lowest BCUT2D eigenvalue weighted by Gasteiger charge is -2.24. The lowest BCUT2D eigenvalue weighted by molar-refractivity contribution is 0.627. The van der Waals surface area contributed by atoms with Crippen LogP contribution in [-0.4, -0.2) is 6.04 Å². The van der Waals surface area contributed by atoms with Gasteiger partial charge in [-0.15, -0.1) is 0 Å². The summed E-state index contributed by atoms with van der Waals surface area (Å²) in [5, 5.41) is 3.50. The van der Waals surface area contributed by atoms with Gasteiger partial charge in [0.2, 0.25) is 0 Å². The Balaban J connectivity index is 2.02. The largest absolute Gasteiger partial charge is 0.382 e. The number of aryl methyl sites for hydroxylation is 2. The van der Waals surface area contributed by atoms with Crippen molar-refractivity contribution in [1.29, 1.82) is 0 Å². The van der Waals surface area contributed by atoms with E-state index in [0.29, 0.717) is 6.04 Å². The van der Waals surface area contributed by atoms with E-state index in [1.807, 2.05) is 13.0 Å². The van der Waals surface area contributed by atoms with Gasteiger partial charge in [-0.3, -0.25) is 0 Å². The third kappa shape index (κ3) is 2.35. The summed E-state index contributed by atoms with van der Waals surface area (Å²) in [6, 6.07) is 12.0.